The summed E-state index contributed by atoms with van der Waals surface area (Å²) in [5.74, 6) is -0.763. The highest BCUT2D eigenvalue weighted by Crippen LogP contribution is 2.29. The van der Waals surface area contributed by atoms with Gasteiger partial charge < -0.3 is 10.1 Å². The molecule has 0 aliphatic rings. The molecule has 0 bridgehead atoms. The molecule has 0 aliphatic carbocycles. The Kier molecular flexibility index (Phi) is 5.33. The third-order valence-electron chi connectivity index (χ3n) is 3.00. The molecule has 2 rings (SSSR count). The van der Waals surface area contributed by atoms with Crippen LogP contribution in [0.4, 0.5) is 0 Å². The molecule has 0 unspecified atom stereocenters. The molecule has 1 heterocycles. The van der Waals surface area contributed by atoms with E-state index in [0.717, 1.165) is 16.7 Å². The molecule has 1 aromatic heterocycles. The minimum Gasteiger partial charge on any atom is -0.451 e. The number of carbonyl (C=O) groups is 2. The first-order valence-corrected chi connectivity index (χ1v) is 7.96. The standard InChI is InChI=1S/C17H19NO3S/c1-11(2)18-15(19)10-21-17(20)16-14(8-9-22-16)13-6-4-12(3)5-7-13/h4-9,11H,10H2,1-3H3,(H,18,19). The highest BCUT2D eigenvalue weighted by atomic mass is 32.1. The summed E-state index contributed by atoms with van der Waals surface area (Å²) in [7, 11) is 0. The first kappa shape index (κ1) is 16.2. The van der Waals surface area contributed by atoms with E-state index in [1.54, 1.807) is 0 Å². The number of hydrogen-bond donors (Lipinski definition) is 1. The first-order valence-electron chi connectivity index (χ1n) is 7.08. The van der Waals surface area contributed by atoms with Crippen LogP contribution in [-0.4, -0.2) is 24.5 Å². The van der Waals surface area contributed by atoms with Crippen molar-refractivity contribution in [1.29, 1.82) is 0 Å². The molecule has 0 radical (unpaired) electrons. The van der Waals surface area contributed by atoms with Crippen molar-refractivity contribution in [3.63, 3.8) is 0 Å². The van der Waals surface area contributed by atoms with Gasteiger partial charge >= 0.3 is 5.97 Å². The summed E-state index contributed by atoms with van der Waals surface area (Å²) in [5, 5.41) is 4.53. The van der Waals surface area contributed by atoms with Crippen molar-refractivity contribution in [2.24, 2.45) is 0 Å². The average molecular weight is 317 g/mol. The van der Waals surface area contributed by atoms with Gasteiger partial charge in [0.15, 0.2) is 6.61 Å². The fourth-order valence-electron chi connectivity index (χ4n) is 1.99. The summed E-state index contributed by atoms with van der Waals surface area (Å²) in [6.07, 6.45) is 0. The van der Waals surface area contributed by atoms with E-state index in [-0.39, 0.29) is 18.6 Å². The molecule has 0 saturated carbocycles. The van der Waals surface area contributed by atoms with Gasteiger partial charge in [-0.1, -0.05) is 29.8 Å². The van der Waals surface area contributed by atoms with Crippen molar-refractivity contribution in [2.45, 2.75) is 26.8 Å². The molecule has 1 amide bonds. The Hall–Kier alpha value is -2.14. The summed E-state index contributed by atoms with van der Waals surface area (Å²) >= 11 is 1.32. The lowest BCUT2D eigenvalue weighted by molar-refractivity contribution is -0.124. The van der Waals surface area contributed by atoms with E-state index < -0.39 is 5.97 Å². The number of aryl methyl sites for hydroxylation is 1. The summed E-state index contributed by atoms with van der Waals surface area (Å²) in [4.78, 5) is 24.2. The first-order chi connectivity index (χ1) is 10.5. The number of rotatable bonds is 5. The van der Waals surface area contributed by atoms with Crippen LogP contribution >= 0.6 is 11.3 Å². The summed E-state index contributed by atoms with van der Waals surface area (Å²) in [5.41, 5.74) is 2.96. The van der Waals surface area contributed by atoms with E-state index >= 15 is 0 Å². The predicted molar refractivity (Wildman–Crippen MR) is 88.1 cm³/mol. The molecule has 0 atom stereocenters. The normalized spacial score (nSPS) is 10.5. The molecule has 1 aromatic carbocycles. The summed E-state index contributed by atoms with van der Waals surface area (Å²) < 4.78 is 5.09. The van der Waals surface area contributed by atoms with E-state index in [1.807, 2.05) is 56.5 Å². The Morgan fingerprint density at radius 2 is 1.86 bits per heavy atom. The van der Waals surface area contributed by atoms with Gasteiger partial charge in [-0.25, -0.2) is 4.79 Å². The van der Waals surface area contributed by atoms with E-state index in [2.05, 4.69) is 5.32 Å². The number of thiophene rings is 1. The summed E-state index contributed by atoms with van der Waals surface area (Å²) in [6, 6.07) is 9.85. The minimum atomic E-state index is -0.468. The van der Waals surface area contributed by atoms with Gasteiger partial charge in [0, 0.05) is 11.6 Å². The van der Waals surface area contributed by atoms with Crippen molar-refractivity contribution in [3.05, 3.63) is 46.2 Å². The van der Waals surface area contributed by atoms with Gasteiger partial charge in [-0.3, -0.25) is 4.79 Å². The lowest BCUT2D eigenvalue weighted by Crippen LogP contribution is -2.33. The number of nitrogens with one attached hydrogen (secondary N) is 1. The molecule has 2 aromatic rings. The maximum atomic E-state index is 12.2. The number of amides is 1. The summed E-state index contributed by atoms with van der Waals surface area (Å²) in [6.45, 7) is 5.46. The van der Waals surface area contributed by atoms with Gasteiger partial charge in [-0.05, 0) is 37.8 Å². The smallest absolute Gasteiger partial charge is 0.349 e. The van der Waals surface area contributed by atoms with Crippen LogP contribution in [-0.2, 0) is 9.53 Å². The van der Waals surface area contributed by atoms with Crippen molar-refractivity contribution in [3.8, 4) is 11.1 Å². The molecule has 0 spiro atoms. The lowest BCUT2D eigenvalue weighted by Gasteiger charge is -2.09. The minimum absolute atomic E-state index is 0.0241. The third-order valence-corrected chi connectivity index (χ3v) is 3.89. The van der Waals surface area contributed by atoms with Gasteiger partial charge in [-0.15, -0.1) is 11.3 Å². The SMILES string of the molecule is Cc1ccc(-c2ccsc2C(=O)OCC(=O)NC(C)C)cc1. The average Bonchev–Trinajstić information content (AvgIpc) is 2.94. The van der Waals surface area contributed by atoms with Crippen molar-refractivity contribution in [2.75, 3.05) is 6.61 Å². The van der Waals surface area contributed by atoms with Crippen LogP contribution in [0.15, 0.2) is 35.7 Å². The number of ether oxygens (including phenoxy) is 1. The highest BCUT2D eigenvalue weighted by Gasteiger charge is 2.17. The Balaban J connectivity index is 2.07. The Bertz CT molecular complexity index is 659. The van der Waals surface area contributed by atoms with Crippen LogP contribution in [0.5, 0.6) is 0 Å². The Morgan fingerprint density at radius 1 is 1.18 bits per heavy atom. The second-order valence-corrected chi connectivity index (χ2v) is 6.24. The zero-order valence-corrected chi connectivity index (χ0v) is 13.7. The molecular formula is C17H19NO3S. The zero-order chi connectivity index (χ0) is 16.1. The maximum absolute atomic E-state index is 12.2. The number of esters is 1. The fourth-order valence-corrected chi connectivity index (χ4v) is 2.80. The predicted octanol–water partition coefficient (Wildman–Crippen LogP) is 3.40. The quantitative estimate of drug-likeness (QED) is 0.860. The molecule has 22 heavy (non-hydrogen) atoms. The van der Waals surface area contributed by atoms with Crippen LogP contribution < -0.4 is 5.32 Å². The van der Waals surface area contributed by atoms with Crippen LogP contribution in [0.1, 0.15) is 29.1 Å². The van der Waals surface area contributed by atoms with E-state index in [0.29, 0.717) is 4.88 Å². The molecule has 0 saturated heterocycles. The molecule has 0 aliphatic heterocycles. The number of benzene rings is 1. The van der Waals surface area contributed by atoms with Gasteiger partial charge in [0.1, 0.15) is 4.88 Å². The molecule has 0 fully saturated rings. The van der Waals surface area contributed by atoms with E-state index in [1.165, 1.54) is 11.3 Å². The lowest BCUT2D eigenvalue weighted by atomic mass is 10.1. The number of hydrogen-bond acceptors (Lipinski definition) is 4. The maximum Gasteiger partial charge on any atom is 0.349 e. The highest BCUT2D eigenvalue weighted by molar-refractivity contribution is 7.12. The number of carbonyl (C=O) groups excluding carboxylic acids is 2. The molecule has 5 heteroatoms. The Morgan fingerprint density at radius 3 is 2.50 bits per heavy atom. The molecule has 116 valence electrons. The molecule has 1 N–H and O–H groups in total. The Labute approximate surface area is 134 Å². The molecular weight excluding hydrogens is 298 g/mol. The van der Waals surface area contributed by atoms with Crippen molar-refractivity contribution < 1.29 is 14.3 Å². The third kappa shape index (κ3) is 4.18. The van der Waals surface area contributed by atoms with E-state index in [9.17, 15) is 9.59 Å². The molecule has 4 nitrogen and oxygen atoms in total. The van der Waals surface area contributed by atoms with Crippen molar-refractivity contribution in [1.82, 2.24) is 5.32 Å². The van der Waals surface area contributed by atoms with Crippen LogP contribution in [0.25, 0.3) is 11.1 Å². The van der Waals surface area contributed by atoms with Gasteiger partial charge in [-0.2, -0.15) is 0 Å². The second kappa shape index (κ2) is 7.22. The van der Waals surface area contributed by atoms with E-state index in [4.69, 9.17) is 4.74 Å². The van der Waals surface area contributed by atoms with Crippen molar-refractivity contribution >= 4 is 23.2 Å². The van der Waals surface area contributed by atoms with Crippen LogP contribution in [0.3, 0.4) is 0 Å². The second-order valence-electron chi connectivity index (χ2n) is 5.33. The van der Waals surface area contributed by atoms with Gasteiger partial charge in [0.2, 0.25) is 0 Å². The van der Waals surface area contributed by atoms with Gasteiger partial charge in [0.25, 0.3) is 5.91 Å². The van der Waals surface area contributed by atoms with Gasteiger partial charge in [0.05, 0.1) is 0 Å². The van der Waals surface area contributed by atoms with Crippen LogP contribution in [0.2, 0.25) is 0 Å². The largest absolute Gasteiger partial charge is 0.451 e. The zero-order valence-electron chi connectivity index (χ0n) is 12.9. The topological polar surface area (TPSA) is 55.4 Å². The fraction of sp³-hybridized carbons (Fsp3) is 0.294. The van der Waals surface area contributed by atoms with Crippen LogP contribution in [0, 0.1) is 6.92 Å². The monoisotopic (exact) mass is 317 g/mol.